The van der Waals surface area contributed by atoms with Crippen LogP contribution in [0.15, 0.2) is 65.7 Å². The highest BCUT2D eigenvalue weighted by molar-refractivity contribution is 7.90. The average Bonchev–Trinajstić information content (AvgIpc) is 2.87. The van der Waals surface area contributed by atoms with Crippen LogP contribution in [-0.4, -0.2) is 50.2 Å². The van der Waals surface area contributed by atoms with E-state index < -0.39 is 9.84 Å². The van der Waals surface area contributed by atoms with Gasteiger partial charge in [0, 0.05) is 42.4 Å². The first kappa shape index (κ1) is 25.8. The van der Waals surface area contributed by atoms with E-state index in [0.717, 1.165) is 48.6 Å². The van der Waals surface area contributed by atoms with Crippen LogP contribution < -0.4 is 10.2 Å². The molecule has 1 saturated heterocycles. The van der Waals surface area contributed by atoms with Gasteiger partial charge in [-0.1, -0.05) is 63.2 Å². The fourth-order valence-corrected chi connectivity index (χ4v) is 4.90. The van der Waals surface area contributed by atoms with E-state index in [1.807, 2.05) is 51.1 Å². The van der Waals surface area contributed by atoms with Crippen molar-refractivity contribution in [1.29, 1.82) is 0 Å². The number of hydrogen-bond donors (Lipinski definition) is 1. The Labute approximate surface area is 213 Å². The van der Waals surface area contributed by atoms with Gasteiger partial charge in [-0.25, -0.2) is 13.4 Å². The number of nitrogens with one attached hydrogen (secondary N) is 1. The second kappa shape index (κ2) is 10.4. The molecule has 190 valence electrons. The molecule has 0 spiro atoms. The third kappa shape index (κ3) is 6.10. The van der Waals surface area contributed by atoms with Crippen molar-refractivity contribution < 1.29 is 13.2 Å². The Bertz CT molecular complexity index is 1310. The molecule has 3 aromatic rings. The summed E-state index contributed by atoms with van der Waals surface area (Å²) in [6, 6.07) is 16.7. The van der Waals surface area contributed by atoms with Crippen LogP contribution in [0.2, 0.25) is 0 Å². The average molecular weight is 507 g/mol. The molecule has 1 N–H and O–H groups in total. The number of carbonyl (C=O) groups excluding carboxylic acids is 1. The molecule has 0 atom stereocenters. The minimum absolute atomic E-state index is 0.0865. The van der Waals surface area contributed by atoms with Crippen LogP contribution in [0.5, 0.6) is 0 Å². The van der Waals surface area contributed by atoms with Crippen molar-refractivity contribution in [3.63, 3.8) is 0 Å². The lowest BCUT2D eigenvalue weighted by molar-refractivity contribution is -0.128. The van der Waals surface area contributed by atoms with E-state index in [1.54, 1.807) is 30.5 Å². The topological polar surface area (TPSA) is 92.3 Å². The summed E-state index contributed by atoms with van der Waals surface area (Å²) in [5, 5.41) is 3.09. The summed E-state index contributed by atoms with van der Waals surface area (Å²) in [6.07, 6.45) is 4.95. The van der Waals surface area contributed by atoms with Gasteiger partial charge in [0.25, 0.3) is 0 Å². The van der Waals surface area contributed by atoms with Crippen LogP contribution in [-0.2, 0) is 14.6 Å². The molecular formula is C28H34N4O3S. The predicted molar refractivity (Wildman–Crippen MR) is 143 cm³/mol. The molecule has 0 bridgehead atoms. The molecule has 8 heteroatoms. The smallest absolute Gasteiger partial charge is 0.225 e. The summed E-state index contributed by atoms with van der Waals surface area (Å²) in [6.45, 7) is 8.18. The van der Waals surface area contributed by atoms with Crippen molar-refractivity contribution in [3.8, 4) is 22.5 Å². The lowest BCUT2D eigenvalue weighted by Crippen LogP contribution is -2.42. The van der Waals surface area contributed by atoms with Gasteiger partial charge in [0.15, 0.2) is 9.84 Å². The second-order valence-corrected chi connectivity index (χ2v) is 12.5. The Morgan fingerprint density at radius 3 is 2.17 bits per heavy atom. The number of carbonyl (C=O) groups is 1. The van der Waals surface area contributed by atoms with Crippen molar-refractivity contribution in [3.05, 3.63) is 60.8 Å². The lowest BCUT2D eigenvalue weighted by atomic mass is 9.93. The van der Waals surface area contributed by atoms with Crippen LogP contribution in [0.1, 0.15) is 33.6 Å². The maximum Gasteiger partial charge on any atom is 0.225 e. The van der Waals surface area contributed by atoms with Gasteiger partial charge >= 0.3 is 0 Å². The first-order valence-electron chi connectivity index (χ1n) is 12.3. The largest absolute Gasteiger partial charge is 0.355 e. The molecule has 1 amide bonds. The number of amides is 1. The number of anilines is 1. The van der Waals surface area contributed by atoms with Gasteiger partial charge < -0.3 is 10.2 Å². The standard InChI is InChI=1S/C28H34N4O3S/c1-28(2,3)27(33)30-18-20-14-16-32(17-15-20)24-19-29-25(26(31-24)21-8-6-5-7-9-21)22-10-12-23(13-11-22)36(4,34)35/h5-13,19-20H,14-18H2,1-4H3,(H,30,33). The molecular weight excluding hydrogens is 472 g/mol. The summed E-state index contributed by atoms with van der Waals surface area (Å²) in [7, 11) is -3.27. The molecule has 0 unspecified atom stereocenters. The lowest BCUT2D eigenvalue weighted by Gasteiger charge is -2.33. The van der Waals surface area contributed by atoms with Gasteiger partial charge in [-0.2, -0.15) is 0 Å². The van der Waals surface area contributed by atoms with E-state index in [0.29, 0.717) is 18.2 Å². The Kier molecular flexibility index (Phi) is 7.45. The van der Waals surface area contributed by atoms with Gasteiger partial charge in [-0.15, -0.1) is 0 Å². The SMILES string of the molecule is CC(C)(C)C(=O)NCC1CCN(c2cnc(-c3ccc(S(C)(=O)=O)cc3)c(-c3ccccc3)n2)CC1. The molecule has 7 nitrogen and oxygen atoms in total. The van der Waals surface area contributed by atoms with Gasteiger partial charge in [0.05, 0.1) is 22.5 Å². The highest BCUT2D eigenvalue weighted by Gasteiger charge is 2.25. The molecule has 2 heterocycles. The van der Waals surface area contributed by atoms with Gasteiger partial charge in [0.2, 0.25) is 5.91 Å². The Morgan fingerprint density at radius 1 is 0.972 bits per heavy atom. The van der Waals surface area contributed by atoms with Crippen LogP contribution >= 0.6 is 0 Å². The third-order valence-electron chi connectivity index (χ3n) is 6.53. The van der Waals surface area contributed by atoms with E-state index >= 15 is 0 Å². The number of aromatic nitrogens is 2. The Balaban J connectivity index is 1.55. The number of benzene rings is 2. The monoisotopic (exact) mass is 506 g/mol. The summed E-state index contributed by atoms with van der Waals surface area (Å²) < 4.78 is 23.8. The third-order valence-corrected chi connectivity index (χ3v) is 7.66. The van der Waals surface area contributed by atoms with Crippen LogP contribution in [0, 0.1) is 11.3 Å². The molecule has 1 aromatic heterocycles. The van der Waals surface area contributed by atoms with E-state index in [1.165, 1.54) is 6.26 Å². The minimum Gasteiger partial charge on any atom is -0.355 e. The number of sulfone groups is 1. The first-order chi connectivity index (χ1) is 17.0. The molecule has 0 radical (unpaired) electrons. The highest BCUT2D eigenvalue weighted by Crippen LogP contribution is 2.32. The zero-order chi connectivity index (χ0) is 25.9. The molecule has 0 aliphatic carbocycles. The summed E-state index contributed by atoms with van der Waals surface area (Å²) in [5.74, 6) is 1.35. The van der Waals surface area contributed by atoms with E-state index in [2.05, 4.69) is 10.2 Å². The van der Waals surface area contributed by atoms with E-state index in [9.17, 15) is 13.2 Å². The molecule has 1 aliphatic rings. The zero-order valence-electron chi connectivity index (χ0n) is 21.4. The maximum absolute atomic E-state index is 12.2. The van der Waals surface area contributed by atoms with E-state index in [4.69, 9.17) is 9.97 Å². The molecule has 4 rings (SSSR count). The number of piperidine rings is 1. The van der Waals surface area contributed by atoms with Crippen molar-refractivity contribution in [2.45, 2.75) is 38.5 Å². The van der Waals surface area contributed by atoms with Crippen molar-refractivity contribution in [2.24, 2.45) is 11.3 Å². The van der Waals surface area contributed by atoms with Crippen LogP contribution in [0.3, 0.4) is 0 Å². The summed E-state index contributed by atoms with van der Waals surface area (Å²) >= 11 is 0. The fourth-order valence-electron chi connectivity index (χ4n) is 4.27. The van der Waals surface area contributed by atoms with Gasteiger partial charge in [-0.05, 0) is 30.9 Å². The molecule has 36 heavy (non-hydrogen) atoms. The fraction of sp³-hybridized carbons (Fsp3) is 0.393. The van der Waals surface area contributed by atoms with Crippen LogP contribution in [0.4, 0.5) is 5.82 Å². The van der Waals surface area contributed by atoms with Crippen LogP contribution in [0.25, 0.3) is 22.5 Å². The first-order valence-corrected chi connectivity index (χ1v) is 14.2. The molecule has 1 aliphatic heterocycles. The zero-order valence-corrected chi connectivity index (χ0v) is 22.2. The van der Waals surface area contributed by atoms with Crippen molar-refractivity contribution in [2.75, 3.05) is 30.8 Å². The normalized spacial score (nSPS) is 15.1. The van der Waals surface area contributed by atoms with E-state index in [-0.39, 0.29) is 16.2 Å². The van der Waals surface area contributed by atoms with Gasteiger partial charge in [0.1, 0.15) is 5.82 Å². The highest BCUT2D eigenvalue weighted by atomic mass is 32.2. The van der Waals surface area contributed by atoms with Crippen molar-refractivity contribution >= 4 is 21.6 Å². The maximum atomic E-state index is 12.2. The molecule has 0 saturated carbocycles. The minimum atomic E-state index is -3.27. The predicted octanol–water partition coefficient (Wildman–Crippen LogP) is 4.59. The summed E-state index contributed by atoms with van der Waals surface area (Å²) in [5.41, 5.74) is 2.86. The number of nitrogens with zero attached hydrogens (tertiary/aromatic N) is 3. The Morgan fingerprint density at radius 2 is 1.58 bits per heavy atom. The van der Waals surface area contributed by atoms with Crippen molar-refractivity contribution in [1.82, 2.24) is 15.3 Å². The summed E-state index contributed by atoms with van der Waals surface area (Å²) in [4.78, 5) is 24.5. The molecule has 1 fully saturated rings. The van der Waals surface area contributed by atoms with Gasteiger partial charge in [-0.3, -0.25) is 9.78 Å². The number of rotatable bonds is 6. The molecule has 2 aromatic carbocycles. The quantitative estimate of drug-likeness (QED) is 0.526. The second-order valence-electron chi connectivity index (χ2n) is 10.5. The number of hydrogen-bond acceptors (Lipinski definition) is 6. The Hall–Kier alpha value is -3.26.